The molecule has 1 unspecified atom stereocenters. The summed E-state index contributed by atoms with van der Waals surface area (Å²) in [6, 6.07) is 0.112. The first-order valence-corrected chi connectivity index (χ1v) is 8.60. The number of hydrogen-bond acceptors (Lipinski definition) is 3. The van der Waals surface area contributed by atoms with Crippen LogP contribution >= 0.6 is 11.6 Å². The van der Waals surface area contributed by atoms with Crippen molar-refractivity contribution in [2.45, 2.75) is 51.0 Å². The molecule has 5 rings (SSSR count). The SMILES string of the molecule is Cn1ncc(Cl)c1C(CC12CC3CC(CC(C3)C1)C2)NN. The van der Waals surface area contributed by atoms with Gasteiger partial charge in [-0.2, -0.15) is 5.10 Å². The Morgan fingerprint density at radius 3 is 2.33 bits per heavy atom. The summed E-state index contributed by atoms with van der Waals surface area (Å²) in [6.45, 7) is 0. The predicted molar refractivity (Wildman–Crippen MR) is 83.5 cm³/mol. The summed E-state index contributed by atoms with van der Waals surface area (Å²) in [5, 5.41) is 5.00. The molecular weight excluding hydrogens is 284 g/mol. The van der Waals surface area contributed by atoms with Gasteiger partial charge < -0.3 is 0 Å². The molecule has 4 aliphatic rings. The highest BCUT2D eigenvalue weighted by molar-refractivity contribution is 6.31. The van der Waals surface area contributed by atoms with Gasteiger partial charge in [-0.05, 0) is 68.1 Å². The van der Waals surface area contributed by atoms with Crippen LogP contribution < -0.4 is 11.3 Å². The lowest BCUT2D eigenvalue weighted by Crippen LogP contribution is -2.48. The summed E-state index contributed by atoms with van der Waals surface area (Å²) in [7, 11) is 1.95. The van der Waals surface area contributed by atoms with Crippen molar-refractivity contribution in [2.24, 2.45) is 36.1 Å². The van der Waals surface area contributed by atoms with Crippen LogP contribution in [0.4, 0.5) is 0 Å². The van der Waals surface area contributed by atoms with Gasteiger partial charge in [0.2, 0.25) is 0 Å². The zero-order valence-electron chi connectivity index (χ0n) is 12.7. The molecule has 0 aliphatic heterocycles. The summed E-state index contributed by atoms with van der Waals surface area (Å²) in [5.41, 5.74) is 4.54. The minimum Gasteiger partial charge on any atom is -0.271 e. The number of hydrazine groups is 1. The number of aromatic nitrogens is 2. The van der Waals surface area contributed by atoms with Crippen molar-refractivity contribution in [1.82, 2.24) is 15.2 Å². The molecule has 21 heavy (non-hydrogen) atoms. The van der Waals surface area contributed by atoms with Gasteiger partial charge in [0.05, 0.1) is 23.0 Å². The maximum Gasteiger partial charge on any atom is 0.0834 e. The van der Waals surface area contributed by atoms with Crippen molar-refractivity contribution in [3.8, 4) is 0 Å². The van der Waals surface area contributed by atoms with Crippen LogP contribution in [-0.2, 0) is 7.05 Å². The Labute approximate surface area is 131 Å². The zero-order valence-corrected chi connectivity index (χ0v) is 13.4. The Bertz CT molecular complexity index is 484. The van der Waals surface area contributed by atoms with Gasteiger partial charge in [0, 0.05) is 7.05 Å². The van der Waals surface area contributed by atoms with Gasteiger partial charge in [-0.1, -0.05) is 11.6 Å². The third-order valence-electron chi connectivity index (χ3n) is 6.27. The molecule has 0 saturated heterocycles. The van der Waals surface area contributed by atoms with E-state index in [-0.39, 0.29) is 6.04 Å². The first-order chi connectivity index (χ1) is 10.1. The minimum atomic E-state index is 0.112. The molecule has 0 amide bonds. The van der Waals surface area contributed by atoms with Gasteiger partial charge in [-0.3, -0.25) is 16.0 Å². The summed E-state index contributed by atoms with van der Waals surface area (Å²) < 4.78 is 1.87. The lowest BCUT2D eigenvalue weighted by Gasteiger charge is -2.57. The largest absolute Gasteiger partial charge is 0.271 e. The van der Waals surface area contributed by atoms with Gasteiger partial charge in [0.1, 0.15) is 0 Å². The van der Waals surface area contributed by atoms with Gasteiger partial charge in [-0.15, -0.1) is 0 Å². The van der Waals surface area contributed by atoms with Crippen LogP contribution in [0, 0.1) is 23.2 Å². The van der Waals surface area contributed by atoms with E-state index in [9.17, 15) is 0 Å². The average molecular weight is 309 g/mol. The summed E-state index contributed by atoms with van der Waals surface area (Å²) >= 11 is 6.33. The van der Waals surface area contributed by atoms with Gasteiger partial charge in [-0.25, -0.2) is 0 Å². The first-order valence-electron chi connectivity index (χ1n) is 8.22. The normalized spacial score (nSPS) is 38.9. The molecule has 4 fully saturated rings. The zero-order chi connectivity index (χ0) is 14.6. The highest BCUT2D eigenvalue weighted by atomic mass is 35.5. The van der Waals surface area contributed by atoms with Crippen molar-refractivity contribution < 1.29 is 0 Å². The minimum absolute atomic E-state index is 0.112. The van der Waals surface area contributed by atoms with E-state index in [2.05, 4.69) is 10.5 Å². The quantitative estimate of drug-likeness (QED) is 0.663. The number of halogens is 1. The number of nitrogens with one attached hydrogen (secondary N) is 1. The van der Waals surface area contributed by atoms with Crippen molar-refractivity contribution in [3.63, 3.8) is 0 Å². The molecule has 0 spiro atoms. The van der Waals surface area contributed by atoms with Crippen LogP contribution in [0.2, 0.25) is 5.02 Å². The van der Waals surface area contributed by atoms with Crippen molar-refractivity contribution in [3.05, 3.63) is 16.9 Å². The molecule has 4 nitrogen and oxygen atoms in total. The number of nitrogens with two attached hydrogens (primary N) is 1. The number of nitrogens with zero attached hydrogens (tertiary/aromatic N) is 2. The van der Waals surface area contributed by atoms with Crippen molar-refractivity contribution >= 4 is 11.6 Å². The van der Waals surface area contributed by atoms with E-state index in [4.69, 9.17) is 17.4 Å². The molecule has 3 N–H and O–H groups in total. The molecule has 1 atom stereocenters. The Morgan fingerprint density at radius 1 is 1.33 bits per heavy atom. The molecule has 4 aliphatic carbocycles. The second-order valence-corrected chi connectivity index (χ2v) is 8.25. The van der Waals surface area contributed by atoms with E-state index in [0.717, 1.165) is 34.9 Å². The fraction of sp³-hybridized carbons (Fsp3) is 0.812. The molecular formula is C16H25ClN4. The smallest absolute Gasteiger partial charge is 0.0834 e. The number of aryl methyl sites for hydroxylation is 1. The van der Waals surface area contributed by atoms with Crippen LogP contribution in [0.5, 0.6) is 0 Å². The van der Waals surface area contributed by atoms with Gasteiger partial charge in [0.15, 0.2) is 0 Å². The van der Waals surface area contributed by atoms with Crippen molar-refractivity contribution in [2.75, 3.05) is 0 Å². The lowest BCUT2D eigenvalue weighted by molar-refractivity contribution is -0.0626. The average Bonchev–Trinajstić information content (AvgIpc) is 2.74. The Hall–Kier alpha value is -0.580. The molecule has 1 aromatic rings. The highest BCUT2D eigenvalue weighted by Gasteiger charge is 2.51. The maximum absolute atomic E-state index is 6.33. The fourth-order valence-electron chi connectivity index (χ4n) is 6.02. The fourth-order valence-corrected chi connectivity index (χ4v) is 6.32. The Morgan fingerprint density at radius 2 is 1.90 bits per heavy atom. The second-order valence-electron chi connectivity index (χ2n) is 7.84. The van der Waals surface area contributed by atoms with E-state index < -0.39 is 0 Å². The van der Waals surface area contributed by atoms with Gasteiger partial charge >= 0.3 is 0 Å². The highest BCUT2D eigenvalue weighted by Crippen LogP contribution is 2.62. The molecule has 5 heteroatoms. The molecule has 0 aromatic carbocycles. The van der Waals surface area contributed by atoms with E-state index in [1.54, 1.807) is 6.20 Å². The van der Waals surface area contributed by atoms with E-state index in [1.807, 2.05) is 11.7 Å². The van der Waals surface area contributed by atoms with E-state index >= 15 is 0 Å². The topological polar surface area (TPSA) is 55.9 Å². The van der Waals surface area contributed by atoms with Gasteiger partial charge in [0.25, 0.3) is 0 Å². The van der Waals surface area contributed by atoms with Crippen LogP contribution in [0.3, 0.4) is 0 Å². The van der Waals surface area contributed by atoms with E-state index in [1.165, 1.54) is 38.5 Å². The molecule has 116 valence electrons. The van der Waals surface area contributed by atoms with Crippen LogP contribution in [0.1, 0.15) is 56.7 Å². The monoisotopic (exact) mass is 308 g/mol. The lowest BCUT2D eigenvalue weighted by atomic mass is 9.48. The summed E-state index contributed by atoms with van der Waals surface area (Å²) in [6.07, 6.45) is 11.4. The third kappa shape index (κ3) is 2.32. The second kappa shape index (κ2) is 4.97. The third-order valence-corrected chi connectivity index (χ3v) is 6.56. The summed E-state index contributed by atoms with van der Waals surface area (Å²) in [4.78, 5) is 0. The molecule has 0 radical (unpaired) electrons. The molecule has 4 bridgehead atoms. The first kappa shape index (κ1) is 14.0. The molecule has 4 saturated carbocycles. The predicted octanol–water partition coefficient (Wildman–Crippen LogP) is 3.18. The molecule has 1 heterocycles. The van der Waals surface area contributed by atoms with E-state index in [0.29, 0.717) is 5.41 Å². The number of rotatable bonds is 4. The maximum atomic E-state index is 6.33. The Kier molecular flexibility index (Phi) is 3.32. The Balaban J connectivity index is 1.59. The van der Waals surface area contributed by atoms with Crippen LogP contribution in [0.25, 0.3) is 0 Å². The van der Waals surface area contributed by atoms with Crippen molar-refractivity contribution in [1.29, 1.82) is 0 Å². The number of hydrogen-bond donors (Lipinski definition) is 2. The van der Waals surface area contributed by atoms with Crippen LogP contribution in [-0.4, -0.2) is 9.78 Å². The van der Waals surface area contributed by atoms with Crippen LogP contribution in [0.15, 0.2) is 6.20 Å². The summed E-state index contributed by atoms with van der Waals surface area (Å²) in [5.74, 6) is 8.79. The molecule has 1 aromatic heterocycles. The standard InChI is InChI=1S/C16H25ClN4/c1-21-15(13(17)9-19-21)14(20-18)8-16-5-10-2-11(6-16)4-12(3-10)7-16/h9-12,14,20H,2-8,18H2,1H3.